The minimum absolute atomic E-state index is 0.0620. The molecule has 3 rings (SSSR count). The maximum absolute atomic E-state index is 10.2. The second-order valence-electron chi connectivity index (χ2n) is 6.69. The number of nitrogens with zero attached hydrogens (tertiary/aromatic N) is 4. The van der Waals surface area contributed by atoms with Crippen LogP contribution in [0, 0.1) is 12.8 Å². The van der Waals surface area contributed by atoms with E-state index in [-0.39, 0.29) is 29.9 Å². The quantitative estimate of drug-likeness (QED) is 0.363. The number of hydrogen-bond donors (Lipinski definition) is 5. The van der Waals surface area contributed by atoms with Gasteiger partial charge in [0.2, 0.25) is 0 Å². The summed E-state index contributed by atoms with van der Waals surface area (Å²) in [6.45, 7) is 1.38. The van der Waals surface area contributed by atoms with Crippen molar-refractivity contribution in [3.8, 4) is 0 Å². The fraction of sp³-hybridized carbons (Fsp3) is 0.444. The summed E-state index contributed by atoms with van der Waals surface area (Å²) in [5.41, 5.74) is 1.51. The molecule has 1 aliphatic carbocycles. The first kappa shape index (κ1) is 20.6. The number of aliphatic hydroxyl groups excluding tert-OH is 4. The molecule has 1 aromatic carbocycles. The van der Waals surface area contributed by atoms with Crippen LogP contribution in [-0.4, -0.2) is 55.3 Å². The molecule has 0 bridgehead atoms. The maximum Gasteiger partial charge on any atom is 0.165 e. The number of aliphatic hydroxyl groups is 4. The first-order valence-corrected chi connectivity index (χ1v) is 9.20. The van der Waals surface area contributed by atoms with Gasteiger partial charge in [0.15, 0.2) is 16.7 Å². The van der Waals surface area contributed by atoms with Gasteiger partial charge in [-0.25, -0.2) is 9.97 Å². The van der Waals surface area contributed by atoms with Crippen molar-refractivity contribution in [1.29, 1.82) is 0 Å². The molecule has 0 spiro atoms. The van der Waals surface area contributed by atoms with Gasteiger partial charge < -0.3 is 25.7 Å². The highest BCUT2D eigenvalue weighted by Crippen LogP contribution is 2.35. The van der Waals surface area contributed by atoms with Gasteiger partial charge in [-0.15, -0.1) is 5.11 Å². The smallest absolute Gasteiger partial charge is 0.165 e. The molecule has 0 amide bonds. The van der Waals surface area contributed by atoms with Crippen molar-refractivity contribution in [2.24, 2.45) is 16.1 Å². The first-order valence-electron chi connectivity index (χ1n) is 8.82. The van der Waals surface area contributed by atoms with Crippen LogP contribution in [0.25, 0.3) is 0 Å². The number of anilines is 1. The van der Waals surface area contributed by atoms with Gasteiger partial charge in [-0.2, -0.15) is 5.11 Å². The predicted octanol–water partition coefficient (Wildman–Crippen LogP) is 1.86. The standard InChI is InChI=1S/C18H22ClN5O4/c1-9-20-17(19)14(24-23-12-4-2-10(7-25)3-5-12)18(21-9)22-13-6-11(8-26)15(27)16(13)28/h2-5,11,13,15-16,25-28H,6-8H2,1H3,(H,20,21,22)/b24-23+/t11-,13-,15-,16+/m1/s1. The Morgan fingerprint density at radius 2 is 1.82 bits per heavy atom. The van der Waals surface area contributed by atoms with Crippen molar-refractivity contribution in [3.05, 3.63) is 40.8 Å². The lowest BCUT2D eigenvalue weighted by atomic mass is 10.1. The average molecular weight is 408 g/mol. The highest BCUT2D eigenvalue weighted by Gasteiger charge is 2.41. The van der Waals surface area contributed by atoms with Crippen LogP contribution in [0.3, 0.4) is 0 Å². The number of aromatic nitrogens is 2. The second-order valence-corrected chi connectivity index (χ2v) is 7.05. The van der Waals surface area contributed by atoms with Crippen LogP contribution in [0.1, 0.15) is 17.8 Å². The third kappa shape index (κ3) is 4.45. The Labute approximate surface area is 166 Å². The molecule has 1 aromatic heterocycles. The Balaban J connectivity index is 1.86. The second kappa shape index (κ2) is 8.89. The van der Waals surface area contributed by atoms with E-state index in [9.17, 15) is 15.3 Å². The molecule has 150 valence electrons. The Hall–Kier alpha value is -2.17. The molecule has 4 atom stereocenters. The molecule has 1 aliphatic rings. The first-order chi connectivity index (χ1) is 13.4. The van der Waals surface area contributed by atoms with Crippen LogP contribution in [0.15, 0.2) is 34.5 Å². The van der Waals surface area contributed by atoms with E-state index < -0.39 is 24.2 Å². The normalized spacial score (nSPS) is 24.8. The fourth-order valence-electron chi connectivity index (χ4n) is 3.12. The highest BCUT2D eigenvalue weighted by molar-refractivity contribution is 6.32. The molecule has 0 unspecified atom stereocenters. The molecule has 0 radical (unpaired) electrons. The molecular weight excluding hydrogens is 386 g/mol. The Morgan fingerprint density at radius 3 is 2.43 bits per heavy atom. The van der Waals surface area contributed by atoms with Crippen LogP contribution >= 0.6 is 11.6 Å². The summed E-state index contributed by atoms with van der Waals surface area (Å²) in [5.74, 6) is 0.259. The van der Waals surface area contributed by atoms with Gasteiger partial charge in [0.05, 0.1) is 24.4 Å². The topological polar surface area (TPSA) is 143 Å². The van der Waals surface area contributed by atoms with Crippen molar-refractivity contribution in [3.63, 3.8) is 0 Å². The van der Waals surface area contributed by atoms with Gasteiger partial charge in [-0.3, -0.25) is 0 Å². The number of halogens is 1. The molecule has 28 heavy (non-hydrogen) atoms. The van der Waals surface area contributed by atoms with Crippen molar-refractivity contribution in [1.82, 2.24) is 9.97 Å². The van der Waals surface area contributed by atoms with Crippen LogP contribution < -0.4 is 5.32 Å². The number of aryl methyl sites for hydroxylation is 1. The Kier molecular flexibility index (Phi) is 6.53. The molecular formula is C18H22ClN5O4. The van der Waals surface area contributed by atoms with E-state index in [1.165, 1.54) is 0 Å². The number of nitrogens with one attached hydrogen (secondary N) is 1. The number of rotatable bonds is 6. The van der Waals surface area contributed by atoms with E-state index in [2.05, 4.69) is 25.5 Å². The number of hydrogen-bond acceptors (Lipinski definition) is 9. The van der Waals surface area contributed by atoms with Crippen molar-refractivity contribution < 1.29 is 20.4 Å². The zero-order chi connectivity index (χ0) is 20.3. The Bertz CT molecular complexity index is 849. The minimum Gasteiger partial charge on any atom is -0.396 e. The maximum atomic E-state index is 10.2. The summed E-state index contributed by atoms with van der Waals surface area (Å²) in [7, 11) is 0. The molecule has 9 nitrogen and oxygen atoms in total. The summed E-state index contributed by atoms with van der Waals surface area (Å²) in [6.07, 6.45) is -1.74. The van der Waals surface area contributed by atoms with Crippen molar-refractivity contribution in [2.75, 3.05) is 11.9 Å². The zero-order valence-corrected chi connectivity index (χ0v) is 16.0. The summed E-state index contributed by atoms with van der Waals surface area (Å²) in [6, 6.07) is 6.33. The number of azo groups is 1. The molecule has 1 heterocycles. The van der Waals surface area contributed by atoms with E-state index in [0.717, 1.165) is 5.56 Å². The van der Waals surface area contributed by atoms with Gasteiger partial charge in [-0.05, 0) is 31.0 Å². The van der Waals surface area contributed by atoms with Gasteiger partial charge >= 0.3 is 0 Å². The molecule has 2 aromatic rings. The van der Waals surface area contributed by atoms with Gasteiger partial charge in [0.1, 0.15) is 11.9 Å². The number of benzene rings is 1. The van der Waals surface area contributed by atoms with E-state index >= 15 is 0 Å². The monoisotopic (exact) mass is 407 g/mol. The molecule has 0 aliphatic heterocycles. The van der Waals surface area contributed by atoms with Crippen LogP contribution in [-0.2, 0) is 6.61 Å². The summed E-state index contributed by atoms with van der Waals surface area (Å²) >= 11 is 6.23. The molecule has 1 saturated carbocycles. The largest absolute Gasteiger partial charge is 0.396 e. The van der Waals surface area contributed by atoms with E-state index in [0.29, 0.717) is 17.9 Å². The molecule has 10 heteroatoms. The van der Waals surface area contributed by atoms with E-state index in [1.807, 2.05) is 0 Å². The van der Waals surface area contributed by atoms with Crippen molar-refractivity contribution >= 4 is 28.8 Å². The Morgan fingerprint density at radius 1 is 1.11 bits per heavy atom. The lowest BCUT2D eigenvalue weighted by molar-refractivity contribution is 0.00446. The van der Waals surface area contributed by atoms with Gasteiger partial charge in [0, 0.05) is 12.5 Å². The van der Waals surface area contributed by atoms with Gasteiger partial charge in [-0.1, -0.05) is 23.7 Å². The molecule has 5 N–H and O–H groups in total. The van der Waals surface area contributed by atoms with Crippen LogP contribution in [0.5, 0.6) is 0 Å². The third-order valence-corrected chi connectivity index (χ3v) is 4.96. The highest BCUT2D eigenvalue weighted by atomic mass is 35.5. The van der Waals surface area contributed by atoms with E-state index in [1.54, 1.807) is 31.2 Å². The average Bonchev–Trinajstić information content (AvgIpc) is 2.95. The minimum atomic E-state index is -1.07. The van der Waals surface area contributed by atoms with Gasteiger partial charge in [0.25, 0.3) is 0 Å². The molecule has 0 saturated heterocycles. The van der Waals surface area contributed by atoms with Crippen molar-refractivity contribution in [2.45, 2.75) is 38.2 Å². The van der Waals surface area contributed by atoms with Crippen LogP contribution in [0.4, 0.5) is 17.2 Å². The fourth-order valence-corrected chi connectivity index (χ4v) is 3.37. The SMILES string of the molecule is Cc1nc(Cl)c(/N=N/c2ccc(CO)cc2)c(N[C@@H]2C[C@H](CO)[C@@H](O)[C@H]2O)n1. The van der Waals surface area contributed by atoms with E-state index in [4.69, 9.17) is 16.7 Å². The van der Waals surface area contributed by atoms with Crippen LogP contribution in [0.2, 0.25) is 5.15 Å². The third-order valence-electron chi connectivity index (χ3n) is 4.70. The summed E-state index contributed by atoms with van der Waals surface area (Å²) in [4.78, 5) is 8.39. The molecule has 1 fully saturated rings. The summed E-state index contributed by atoms with van der Waals surface area (Å²) in [5, 5.41) is 50.1. The predicted molar refractivity (Wildman–Crippen MR) is 103 cm³/mol. The summed E-state index contributed by atoms with van der Waals surface area (Å²) < 4.78 is 0. The zero-order valence-electron chi connectivity index (χ0n) is 15.2. The lowest BCUT2D eigenvalue weighted by Crippen LogP contribution is -2.35. The lowest BCUT2D eigenvalue weighted by Gasteiger charge is -2.19.